The van der Waals surface area contributed by atoms with Crippen molar-refractivity contribution in [2.24, 2.45) is 5.14 Å². The van der Waals surface area contributed by atoms with Crippen molar-refractivity contribution in [3.63, 3.8) is 0 Å². The monoisotopic (exact) mass is 337 g/mol. The Morgan fingerprint density at radius 1 is 1.13 bits per heavy atom. The molecule has 0 bridgehead atoms. The largest absolute Gasteiger partial charge is 0.494 e. The maximum absolute atomic E-state index is 11.6. The van der Waals surface area contributed by atoms with E-state index in [2.05, 4.69) is 6.07 Å². The second-order valence-electron chi connectivity index (χ2n) is 7.57. The van der Waals surface area contributed by atoms with E-state index >= 15 is 0 Å². The van der Waals surface area contributed by atoms with Gasteiger partial charge in [0.2, 0.25) is 10.0 Å². The highest BCUT2D eigenvalue weighted by Gasteiger charge is 2.51. The minimum absolute atomic E-state index is 0.369. The van der Waals surface area contributed by atoms with Crippen molar-refractivity contribution < 1.29 is 17.7 Å². The van der Waals surface area contributed by atoms with E-state index in [-0.39, 0.29) is 18.3 Å². The SMILES string of the molecule is CC1(C)OB(c2ccc3c(c2)CC[C@H](S(N)(=O)=O)C3)OC1(C)C. The van der Waals surface area contributed by atoms with Crippen LogP contribution in [0.15, 0.2) is 18.2 Å². The fraction of sp³-hybridized carbons (Fsp3) is 0.625. The van der Waals surface area contributed by atoms with Crippen molar-refractivity contribution in [1.29, 1.82) is 0 Å². The van der Waals surface area contributed by atoms with Crippen molar-refractivity contribution in [2.45, 2.75) is 63.4 Å². The van der Waals surface area contributed by atoms with Gasteiger partial charge in [-0.05, 0) is 63.5 Å². The van der Waals surface area contributed by atoms with Gasteiger partial charge in [-0.2, -0.15) is 0 Å². The zero-order chi connectivity index (χ0) is 17.0. The summed E-state index contributed by atoms with van der Waals surface area (Å²) < 4.78 is 35.3. The molecule has 2 N–H and O–H groups in total. The molecule has 1 aromatic rings. The van der Waals surface area contributed by atoms with Gasteiger partial charge in [0.05, 0.1) is 16.5 Å². The van der Waals surface area contributed by atoms with Crippen molar-refractivity contribution >= 4 is 22.6 Å². The van der Waals surface area contributed by atoms with Crippen molar-refractivity contribution in [2.75, 3.05) is 0 Å². The Kier molecular flexibility index (Phi) is 3.91. The number of benzene rings is 1. The molecule has 5 nitrogen and oxygen atoms in total. The third kappa shape index (κ3) is 3.07. The number of nitrogens with two attached hydrogens (primary N) is 1. The van der Waals surface area contributed by atoms with E-state index in [1.165, 1.54) is 0 Å². The van der Waals surface area contributed by atoms with Crippen LogP contribution in [-0.4, -0.2) is 32.0 Å². The molecule has 1 aliphatic heterocycles. The normalized spacial score (nSPS) is 26.1. The molecule has 1 heterocycles. The fourth-order valence-corrected chi connectivity index (χ4v) is 4.01. The predicted molar refractivity (Wildman–Crippen MR) is 91.1 cm³/mol. The van der Waals surface area contributed by atoms with Crippen LogP contribution < -0.4 is 10.6 Å². The summed E-state index contributed by atoms with van der Waals surface area (Å²) in [6.07, 6.45) is 1.76. The number of hydrogen-bond donors (Lipinski definition) is 1. The molecule has 2 aliphatic rings. The maximum atomic E-state index is 11.6. The number of hydrogen-bond acceptors (Lipinski definition) is 4. The number of rotatable bonds is 2. The van der Waals surface area contributed by atoms with E-state index < -0.39 is 15.3 Å². The Morgan fingerprint density at radius 3 is 2.30 bits per heavy atom. The Labute approximate surface area is 138 Å². The van der Waals surface area contributed by atoms with Gasteiger partial charge in [-0.15, -0.1) is 0 Å². The van der Waals surface area contributed by atoms with E-state index in [1.807, 2.05) is 39.8 Å². The zero-order valence-electron chi connectivity index (χ0n) is 14.1. The van der Waals surface area contributed by atoms with Gasteiger partial charge in [-0.25, -0.2) is 13.6 Å². The average molecular weight is 337 g/mol. The third-order valence-corrected chi connectivity index (χ3v) is 6.74. The van der Waals surface area contributed by atoms with Gasteiger partial charge in [0, 0.05) is 0 Å². The highest BCUT2D eigenvalue weighted by atomic mass is 32.2. The summed E-state index contributed by atoms with van der Waals surface area (Å²) in [5, 5.41) is 4.81. The Morgan fingerprint density at radius 2 is 1.74 bits per heavy atom. The van der Waals surface area contributed by atoms with Crippen LogP contribution in [0.25, 0.3) is 0 Å². The van der Waals surface area contributed by atoms with Gasteiger partial charge in [-0.1, -0.05) is 18.2 Å². The minimum Gasteiger partial charge on any atom is -0.399 e. The number of primary sulfonamides is 1. The third-order valence-electron chi connectivity index (χ3n) is 5.40. The lowest BCUT2D eigenvalue weighted by atomic mass is 9.76. The van der Waals surface area contributed by atoms with Gasteiger partial charge in [0.1, 0.15) is 0 Å². The van der Waals surface area contributed by atoms with Crippen molar-refractivity contribution in [3.05, 3.63) is 29.3 Å². The van der Waals surface area contributed by atoms with E-state index in [1.54, 1.807) is 0 Å². The van der Waals surface area contributed by atoms with Gasteiger partial charge in [-0.3, -0.25) is 0 Å². The van der Waals surface area contributed by atoms with Crippen LogP contribution in [0.3, 0.4) is 0 Å². The second-order valence-corrected chi connectivity index (χ2v) is 9.41. The molecule has 0 unspecified atom stereocenters. The molecule has 1 aliphatic carbocycles. The quantitative estimate of drug-likeness (QED) is 0.821. The van der Waals surface area contributed by atoms with Crippen LogP contribution in [0.1, 0.15) is 45.2 Å². The van der Waals surface area contributed by atoms with Crippen LogP contribution in [-0.2, 0) is 32.2 Å². The predicted octanol–water partition coefficient (Wildman–Crippen LogP) is 1.13. The fourth-order valence-electron chi connectivity index (χ4n) is 3.15. The summed E-state index contributed by atoms with van der Waals surface area (Å²) in [7, 11) is -3.86. The summed E-state index contributed by atoms with van der Waals surface area (Å²) >= 11 is 0. The number of sulfonamides is 1. The van der Waals surface area contributed by atoms with Crippen LogP contribution in [0.2, 0.25) is 0 Å². The molecule has 1 aromatic carbocycles. The first-order valence-electron chi connectivity index (χ1n) is 7.98. The number of fused-ring (bicyclic) bond motifs is 1. The first-order chi connectivity index (χ1) is 10.5. The van der Waals surface area contributed by atoms with Gasteiger partial charge in [0.15, 0.2) is 0 Å². The molecule has 126 valence electrons. The molecule has 1 fully saturated rings. The molecule has 7 heteroatoms. The minimum atomic E-state index is -3.47. The van der Waals surface area contributed by atoms with Gasteiger partial charge < -0.3 is 9.31 Å². The van der Waals surface area contributed by atoms with E-state index in [0.29, 0.717) is 19.3 Å². The second kappa shape index (κ2) is 5.31. The zero-order valence-corrected chi connectivity index (χ0v) is 14.9. The molecule has 0 radical (unpaired) electrons. The van der Waals surface area contributed by atoms with Crippen LogP contribution >= 0.6 is 0 Å². The summed E-state index contributed by atoms with van der Waals surface area (Å²) in [6.45, 7) is 8.12. The van der Waals surface area contributed by atoms with Crippen molar-refractivity contribution in [3.8, 4) is 0 Å². The van der Waals surface area contributed by atoms with E-state index in [0.717, 1.165) is 16.6 Å². The molecule has 0 aromatic heterocycles. The highest BCUT2D eigenvalue weighted by Crippen LogP contribution is 2.36. The maximum Gasteiger partial charge on any atom is 0.494 e. The molecule has 1 saturated heterocycles. The molecule has 3 rings (SSSR count). The highest BCUT2D eigenvalue weighted by molar-refractivity contribution is 7.89. The standard InChI is InChI=1S/C16H24BNO4S/c1-15(2)16(3,4)22-17(21-15)13-7-5-12-10-14(23(18,19)20)8-6-11(12)9-13/h5,7,9,14H,6,8,10H2,1-4H3,(H2,18,19,20)/t14-/m0/s1. The Hall–Kier alpha value is -0.885. The molecule has 1 atom stereocenters. The lowest BCUT2D eigenvalue weighted by Crippen LogP contribution is -2.41. The first-order valence-corrected chi connectivity index (χ1v) is 9.59. The molecule has 23 heavy (non-hydrogen) atoms. The van der Waals surface area contributed by atoms with E-state index in [4.69, 9.17) is 14.4 Å². The number of aryl methyl sites for hydroxylation is 1. The molecular weight excluding hydrogens is 313 g/mol. The van der Waals surface area contributed by atoms with Crippen LogP contribution in [0, 0.1) is 0 Å². The topological polar surface area (TPSA) is 78.6 Å². The Balaban J connectivity index is 1.84. The van der Waals surface area contributed by atoms with Crippen LogP contribution in [0.5, 0.6) is 0 Å². The summed E-state index contributed by atoms with van der Waals surface area (Å²) in [5.74, 6) is 0. The van der Waals surface area contributed by atoms with E-state index in [9.17, 15) is 8.42 Å². The smallest absolute Gasteiger partial charge is 0.399 e. The summed E-state index contributed by atoms with van der Waals surface area (Å²) in [4.78, 5) is 0. The van der Waals surface area contributed by atoms with Crippen molar-refractivity contribution in [1.82, 2.24) is 0 Å². The lowest BCUT2D eigenvalue weighted by molar-refractivity contribution is 0.00578. The Bertz CT molecular complexity index is 714. The van der Waals surface area contributed by atoms with Gasteiger partial charge >= 0.3 is 7.12 Å². The first kappa shape index (κ1) is 17.0. The summed E-state index contributed by atoms with van der Waals surface area (Å²) in [6, 6.07) is 6.02. The molecule has 0 saturated carbocycles. The average Bonchev–Trinajstić information content (AvgIpc) is 2.65. The summed E-state index contributed by atoms with van der Waals surface area (Å²) in [5.41, 5.74) is 2.46. The van der Waals surface area contributed by atoms with Crippen LogP contribution in [0.4, 0.5) is 0 Å². The molecular formula is C16H24BNO4S. The van der Waals surface area contributed by atoms with Gasteiger partial charge in [0.25, 0.3) is 0 Å². The molecule has 0 amide bonds. The molecule has 0 spiro atoms. The lowest BCUT2D eigenvalue weighted by Gasteiger charge is -2.32.